The molecule has 1 unspecified atom stereocenters. The average Bonchev–Trinajstić information content (AvgIpc) is 3.82. The number of aromatic nitrogens is 5. The molecule has 1 spiro atoms. The number of phenolic OH excluding ortho intramolecular Hbond substituents is 1. The summed E-state index contributed by atoms with van der Waals surface area (Å²) in [6.07, 6.45) is 8.98. The first-order valence-corrected chi connectivity index (χ1v) is 21.3. The number of aliphatic hydroxyl groups is 1. The molecule has 0 radical (unpaired) electrons. The first-order chi connectivity index (χ1) is 28.1. The van der Waals surface area contributed by atoms with Gasteiger partial charge in [-0.2, -0.15) is 0 Å². The zero-order valence-corrected chi connectivity index (χ0v) is 33.7. The highest BCUT2D eigenvalue weighted by atomic mass is 16.5. The Kier molecular flexibility index (Phi) is 9.42. The molecule has 3 N–H and O–H groups in total. The Bertz CT molecular complexity index is 2120. The number of amides is 1. The molecular weight excluding hydrogens is 735 g/mol. The zero-order valence-electron chi connectivity index (χ0n) is 33.7. The van der Waals surface area contributed by atoms with Gasteiger partial charge in [0.15, 0.2) is 17.4 Å². The maximum atomic E-state index is 13.5. The van der Waals surface area contributed by atoms with Crippen LogP contribution in [0.3, 0.4) is 0 Å². The third kappa shape index (κ3) is 6.69. The number of piperidine rings is 1. The van der Waals surface area contributed by atoms with Crippen LogP contribution in [0.2, 0.25) is 0 Å². The molecule has 306 valence electrons. The zero-order chi connectivity index (χ0) is 39.7. The van der Waals surface area contributed by atoms with Crippen molar-refractivity contribution >= 4 is 29.2 Å². The largest absolute Gasteiger partial charge is 0.507 e. The van der Waals surface area contributed by atoms with Gasteiger partial charge in [0.1, 0.15) is 11.7 Å². The second kappa shape index (κ2) is 14.7. The number of rotatable bonds is 8. The molecule has 8 heterocycles. The highest BCUT2D eigenvalue weighted by molar-refractivity contribution is 5.84. The van der Waals surface area contributed by atoms with Gasteiger partial charge in [0.25, 0.3) is 0 Å². The molecule has 1 saturated carbocycles. The summed E-state index contributed by atoms with van der Waals surface area (Å²) in [6, 6.07) is 12.2. The number of anilines is 4. The summed E-state index contributed by atoms with van der Waals surface area (Å²) in [5, 5.41) is 37.3. The summed E-state index contributed by atoms with van der Waals surface area (Å²) in [6.45, 7) is 13.9. The fourth-order valence-electron chi connectivity index (χ4n) is 10.8. The molecule has 10 rings (SSSR count). The second-order valence-corrected chi connectivity index (χ2v) is 18.2. The number of carbonyl (C=O) groups excluding carboxylic acids is 1. The van der Waals surface area contributed by atoms with Gasteiger partial charge in [0.05, 0.1) is 23.5 Å². The standard InChI is InChI=1S/C43H55N11O4/c1-26(2)39(41(57)54-23-32(55)14-27(54)3)37-16-38(49-58-37)52-24-43(25-52)17-30(18-43)50-10-8-28(9-11-50)29-19-45-42(46-20-29)51-12-13-53-31(22-51)21-44-40-35(53)15-34(47-48-40)33-6-4-5-7-36(33)56/h4-7,15-16,19-20,26-28,30-32,39,55-56H,8-14,17-18,21-25H2,1-3H3,(H,44,48)/t27-,31+,32-,39?/m1/s1. The molecule has 4 saturated heterocycles. The van der Waals surface area contributed by atoms with Crippen LogP contribution in [0.1, 0.15) is 76.0 Å². The first kappa shape index (κ1) is 37.3. The Balaban J connectivity index is 0.690. The Labute approximate surface area is 339 Å². The number of piperazine rings is 1. The highest BCUT2D eigenvalue weighted by Gasteiger charge is 2.54. The fourth-order valence-corrected chi connectivity index (χ4v) is 10.8. The molecule has 15 heteroatoms. The van der Waals surface area contributed by atoms with E-state index in [0.29, 0.717) is 47.4 Å². The summed E-state index contributed by atoms with van der Waals surface area (Å²) in [7, 11) is 0. The van der Waals surface area contributed by atoms with Crippen LogP contribution < -0.4 is 20.0 Å². The van der Waals surface area contributed by atoms with E-state index in [9.17, 15) is 15.0 Å². The smallest absolute Gasteiger partial charge is 0.234 e. The van der Waals surface area contributed by atoms with Gasteiger partial charge in [0, 0.05) is 87.3 Å². The number of carbonyl (C=O) groups is 1. The van der Waals surface area contributed by atoms with Crippen molar-refractivity contribution in [1.82, 2.24) is 35.1 Å². The number of para-hydroxylation sites is 1. The number of likely N-dealkylation sites (tertiary alicyclic amines) is 2. The quantitative estimate of drug-likeness (QED) is 0.231. The molecule has 4 atom stereocenters. The molecule has 5 fully saturated rings. The van der Waals surface area contributed by atoms with E-state index in [1.165, 1.54) is 18.4 Å². The number of benzene rings is 1. The van der Waals surface area contributed by atoms with E-state index in [-0.39, 0.29) is 29.7 Å². The van der Waals surface area contributed by atoms with Gasteiger partial charge in [-0.25, -0.2) is 9.97 Å². The van der Waals surface area contributed by atoms with Gasteiger partial charge < -0.3 is 44.6 Å². The van der Waals surface area contributed by atoms with Crippen LogP contribution in [0.4, 0.5) is 23.3 Å². The van der Waals surface area contributed by atoms with Gasteiger partial charge in [-0.3, -0.25) is 4.79 Å². The summed E-state index contributed by atoms with van der Waals surface area (Å²) < 4.78 is 5.82. The van der Waals surface area contributed by atoms with E-state index in [0.717, 1.165) is 88.5 Å². The average molecular weight is 790 g/mol. The molecule has 15 nitrogen and oxygen atoms in total. The van der Waals surface area contributed by atoms with Gasteiger partial charge in [-0.1, -0.05) is 31.1 Å². The molecular formula is C43H55N11O4. The van der Waals surface area contributed by atoms with E-state index in [2.05, 4.69) is 52.7 Å². The van der Waals surface area contributed by atoms with Crippen LogP contribution in [0, 0.1) is 11.3 Å². The number of nitrogens with one attached hydrogen (secondary N) is 1. The molecule has 4 aromatic rings. The van der Waals surface area contributed by atoms with Gasteiger partial charge in [-0.15, -0.1) is 10.2 Å². The minimum Gasteiger partial charge on any atom is -0.507 e. The highest BCUT2D eigenvalue weighted by Crippen LogP contribution is 2.52. The predicted molar refractivity (Wildman–Crippen MR) is 220 cm³/mol. The van der Waals surface area contributed by atoms with Crippen LogP contribution >= 0.6 is 0 Å². The fraction of sp³-hybridized carbons (Fsp3) is 0.581. The minimum absolute atomic E-state index is 0.0227. The van der Waals surface area contributed by atoms with E-state index >= 15 is 0 Å². The maximum absolute atomic E-state index is 13.5. The molecule has 5 aliphatic heterocycles. The summed E-state index contributed by atoms with van der Waals surface area (Å²) in [5.74, 6) is 3.40. The number of phenols is 1. The lowest BCUT2D eigenvalue weighted by Gasteiger charge is -2.61. The van der Waals surface area contributed by atoms with Crippen molar-refractivity contribution in [3.8, 4) is 17.0 Å². The predicted octanol–water partition coefficient (Wildman–Crippen LogP) is 4.32. The summed E-state index contributed by atoms with van der Waals surface area (Å²) >= 11 is 0. The third-order valence-electron chi connectivity index (χ3n) is 14.0. The van der Waals surface area contributed by atoms with Crippen molar-refractivity contribution in [3.05, 3.63) is 60.1 Å². The van der Waals surface area contributed by atoms with Crippen LogP contribution in [0.25, 0.3) is 11.3 Å². The monoisotopic (exact) mass is 789 g/mol. The number of nitrogens with zero attached hydrogens (tertiary/aromatic N) is 10. The molecule has 3 aromatic heterocycles. The molecule has 6 aliphatic rings. The van der Waals surface area contributed by atoms with Crippen molar-refractivity contribution in [2.24, 2.45) is 11.3 Å². The topological polar surface area (TPSA) is 163 Å². The van der Waals surface area contributed by atoms with Crippen LogP contribution in [-0.4, -0.2) is 134 Å². The Morgan fingerprint density at radius 3 is 2.47 bits per heavy atom. The Morgan fingerprint density at radius 2 is 1.74 bits per heavy atom. The Hall–Kier alpha value is -5.02. The third-order valence-corrected chi connectivity index (χ3v) is 14.0. The molecule has 58 heavy (non-hydrogen) atoms. The summed E-state index contributed by atoms with van der Waals surface area (Å²) in [4.78, 5) is 34.8. The van der Waals surface area contributed by atoms with Crippen molar-refractivity contribution in [2.45, 2.75) is 88.9 Å². The normalized spacial score (nSPS) is 25.3. The van der Waals surface area contributed by atoms with Crippen molar-refractivity contribution in [2.75, 3.05) is 78.9 Å². The van der Waals surface area contributed by atoms with Crippen LogP contribution in [0.5, 0.6) is 5.75 Å². The molecule has 1 aromatic carbocycles. The molecule has 1 amide bonds. The van der Waals surface area contributed by atoms with E-state index in [4.69, 9.17) is 14.5 Å². The van der Waals surface area contributed by atoms with E-state index in [1.54, 1.807) is 6.07 Å². The van der Waals surface area contributed by atoms with Crippen LogP contribution in [0.15, 0.2) is 53.3 Å². The van der Waals surface area contributed by atoms with Gasteiger partial charge in [0.2, 0.25) is 11.9 Å². The van der Waals surface area contributed by atoms with E-state index < -0.39 is 12.0 Å². The van der Waals surface area contributed by atoms with Crippen molar-refractivity contribution < 1.29 is 19.5 Å². The first-order valence-electron chi connectivity index (χ1n) is 21.3. The number of hydrogen-bond donors (Lipinski definition) is 3. The van der Waals surface area contributed by atoms with Gasteiger partial charge in [-0.05, 0) is 87.7 Å². The minimum atomic E-state index is -0.459. The number of aromatic hydroxyl groups is 1. The molecule has 0 bridgehead atoms. The number of aliphatic hydroxyl groups excluding tert-OH is 1. The van der Waals surface area contributed by atoms with Crippen molar-refractivity contribution in [1.29, 1.82) is 0 Å². The number of β-amino-alcohol motifs (C(OH)–C–C–N with tert-alkyl or cyclic N) is 1. The van der Waals surface area contributed by atoms with Crippen molar-refractivity contribution in [3.63, 3.8) is 0 Å². The van der Waals surface area contributed by atoms with Crippen LogP contribution in [-0.2, 0) is 4.79 Å². The lowest BCUT2D eigenvalue weighted by Crippen LogP contribution is -2.67. The second-order valence-electron chi connectivity index (χ2n) is 18.2. The SMILES string of the molecule is CC(C)C(C(=O)N1C[C@H](O)C[C@H]1C)c1cc(N2CC3(CC(N4CCC(c5cnc(N6CCN7c8cc(-c9ccccc9O)nnc8NC[C@H]7C6)nc5)CC4)C3)C2)no1. The lowest BCUT2D eigenvalue weighted by molar-refractivity contribution is -0.135. The van der Waals surface area contributed by atoms with Gasteiger partial charge >= 0.3 is 0 Å². The number of hydrogen-bond acceptors (Lipinski definition) is 14. The maximum Gasteiger partial charge on any atom is 0.234 e. The lowest BCUT2D eigenvalue weighted by atomic mass is 9.60. The summed E-state index contributed by atoms with van der Waals surface area (Å²) in [5.41, 5.74) is 3.95. The number of fused-ring (bicyclic) bond motifs is 3. The van der Waals surface area contributed by atoms with E-state index in [1.807, 2.05) is 56.0 Å². The Morgan fingerprint density at radius 1 is 0.966 bits per heavy atom. The molecule has 1 aliphatic carbocycles.